The zero-order valence-corrected chi connectivity index (χ0v) is 10.2. The van der Waals surface area contributed by atoms with E-state index in [9.17, 15) is 4.79 Å². The topological polar surface area (TPSA) is 55.1 Å². The van der Waals surface area contributed by atoms with Gasteiger partial charge in [0.15, 0.2) is 0 Å². The lowest BCUT2D eigenvalue weighted by Gasteiger charge is -2.08. The molecule has 3 heteroatoms. The molecule has 2 aromatic carbocycles. The van der Waals surface area contributed by atoms with Crippen LogP contribution in [0.4, 0.5) is 11.4 Å². The minimum Gasteiger partial charge on any atom is -0.399 e. The molecule has 0 unspecified atom stereocenters. The molecule has 2 aromatic rings. The summed E-state index contributed by atoms with van der Waals surface area (Å²) in [5.74, 6) is 0.0659. The summed E-state index contributed by atoms with van der Waals surface area (Å²) in [5, 5.41) is 2.84. The van der Waals surface area contributed by atoms with Crippen molar-refractivity contribution in [2.75, 3.05) is 11.1 Å². The fraction of sp³-hybridized carbons (Fsp3) is 0.133. The molecule has 3 rings (SSSR count). The van der Waals surface area contributed by atoms with Crippen molar-refractivity contribution in [2.45, 2.75) is 13.3 Å². The monoisotopic (exact) mass is 238 g/mol. The molecule has 0 radical (unpaired) electrons. The summed E-state index contributed by atoms with van der Waals surface area (Å²) in [7, 11) is 0. The number of nitrogens with two attached hydrogens (primary N) is 1. The van der Waals surface area contributed by atoms with E-state index in [0.29, 0.717) is 6.42 Å². The molecule has 0 aromatic heterocycles. The van der Waals surface area contributed by atoms with Gasteiger partial charge in [-0.2, -0.15) is 0 Å². The maximum Gasteiger partial charge on any atom is 0.228 e. The van der Waals surface area contributed by atoms with Crippen molar-refractivity contribution >= 4 is 17.3 Å². The Hall–Kier alpha value is -2.29. The molecular formula is C15H14N2O. The van der Waals surface area contributed by atoms with E-state index in [-0.39, 0.29) is 5.91 Å². The third-order valence-electron chi connectivity index (χ3n) is 3.29. The van der Waals surface area contributed by atoms with Crippen molar-refractivity contribution in [3.63, 3.8) is 0 Å². The van der Waals surface area contributed by atoms with Crippen molar-refractivity contribution in [3.8, 4) is 11.1 Å². The number of nitrogen functional groups attached to an aromatic ring is 1. The molecule has 90 valence electrons. The highest BCUT2D eigenvalue weighted by Gasteiger charge is 2.17. The van der Waals surface area contributed by atoms with Gasteiger partial charge in [-0.25, -0.2) is 0 Å². The Labute approximate surface area is 106 Å². The lowest BCUT2D eigenvalue weighted by Crippen LogP contribution is -2.03. The molecular weight excluding hydrogens is 224 g/mol. The quantitative estimate of drug-likeness (QED) is 0.750. The molecule has 1 heterocycles. The second-order valence-electron chi connectivity index (χ2n) is 4.67. The van der Waals surface area contributed by atoms with Crippen molar-refractivity contribution in [1.82, 2.24) is 0 Å². The zero-order valence-electron chi connectivity index (χ0n) is 10.2. The average molecular weight is 238 g/mol. The van der Waals surface area contributed by atoms with Crippen LogP contribution >= 0.6 is 0 Å². The summed E-state index contributed by atoms with van der Waals surface area (Å²) in [6.45, 7) is 2.04. The van der Waals surface area contributed by atoms with Crippen LogP contribution in [-0.2, 0) is 11.2 Å². The van der Waals surface area contributed by atoms with Crippen LogP contribution in [-0.4, -0.2) is 5.91 Å². The second kappa shape index (κ2) is 3.88. The molecule has 3 nitrogen and oxygen atoms in total. The zero-order chi connectivity index (χ0) is 12.7. The first-order valence-electron chi connectivity index (χ1n) is 5.93. The highest BCUT2D eigenvalue weighted by Crippen LogP contribution is 2.31. The minimum absolute atomic E-state index is 0.0659. The lowest BCUT2D eigenvalue weighted by atomic mass is 9.97. The molecule has 1 amide bonds. The molecule has 0 saturated heterocycles. The van der Waals surface area contributed by atoms with Crippen LogP contribution in [0, 0.1) is 6.92 Å². The van der Waals surface area contributed by atoms with Gasteiger partial charge in [0.1, 0.15) is 0 Å². The fourth-order valence-corrected chi connectivity index (χ4v) is 2.41. The van der Waals surface area contributed by atoms with E-state index >= 15 is 0 Å². The Morgan fingerprint density at radius 1 is 1.17 bits per heavy atom. The third-order valence-corrected chi connectivity index (χ3v) is 3.29. The number of anilines is 2. The molecule has 18 heavy (non-hydrogen) atoms. The van der Waals surface area contributed by atoms with Gasteiger partial charge < -0.3 is 11.1 Å². The maximum absolute atomic E-state index is 11.3. The number of carbonyl (C=O) groups excluding carboxylic acids is 1. The summed E-state index contributed by atoms with van der Waals surface area (Å²) in [5.41, 5.74) is 12.0. The molecule has 0 saturated carbocycles. The lowest BCUT2D eigenvalue weighted by molar-refractivity contribution is -0.115. The number of benzene rings is 2. The van der Waals surface area contributed by atoms with Gasteiger partial charge in [-0.05, 0) is 53.4 Å². The Balaban J connectivity index is 2.08. The van der Waals surface area contributed by atoms with Gasteiger partial charge in [-0.3, -0.25) is 4.79 Å². The number of hydrogen-bond donors (Lipinski definition) is 2. The van der Waals surface area contributed by atoms with Gasteiger partial charge in [0.05, 0.1) is 6.42 Å². The molecule has 0 bridgehead atoms. The van der Waals surface area contributed by atoms with E-state index in [2.05, 4.69) is 11.4 Å². The van der Waals surface area contributed by atoms with Crippen molar-refractivity contribution < 1.29 is 4.79 Å². The number of aryl methyl sites for hydroxylation is 1. The second-order valence-corrected chi connectivity index (χ2v) is 4.67. The van der Waals surface area contributed by atoms with Gasteiger partial charge in [0.2, 0.25) is 5.91 Å². The van der Waals surface area contributed by atoms with E-state index in [0.717, 1.165) is 33.6 Å². The predicted octanol–water partition coefficient (Wildman–Crippen LogP) is 2.74. The Bertz CT molecular complexity index is 647. The van der Waals surface area contributed by atoms with Gasteiger partial charge in [-0.1, -0.05) is 12.1 Å². The summed E-state index contributed by atoms with van der Waals surface area (Å²) < 4.78 is 0. The molecule has 3 N–H and O–H groups in total. The Morgan fingerprint density at radius 2 is 2.00 bits per heavy atom. The van der Waals surface area contributed by atoms with E-state index in [1.807, 2.05) is 37.3 Å². The molecule has 0 atom stereocenters. The molecule has 1 aliphatic heterocycles. The first kappa shape index (κ1) is 10.8. The Kier molecular flexibility index (Phi) is 2.33. The van der Waals surface area contributed by atoms with Crippen LogP contribution < -0.4 is 11.1 Å². The Morgan fingerprint density at radius 3 is 2.78 bits per heavy atom. The number of rotatable bonds is 1. The van der Waals surface area contributed by atoms with Crippen LogP contribution in [0.2, 0.25) is 0 Å². The molecule has 0 aliphatic carbocycles. The molecule has 0 spiro atoms. The van der Waals surface area contributed by atoms with Gasteiger partial charge >= 0.3 is 0 Å². The van der Waals surface area contributed by atoms with E-state index in [4.69, 9.17) is 5.73 Å². The normalized spacial score (nSPS) is 13.3. The van der Waals surface area contributed by atoms with E-state index in [1.165, 1.54) is 0 Å². The molecule has 0 fully saturated rings. The highest BCUT2D eigenvalue weighted by molar-refractivity contribution is 5.99. The first-order valence-corrected chi connectivity index (χ1v) is 5.93. The summed E-state index contributed by atoms with van der Waals surface area (Å²) >= 11 is 0. The highest BCUT2D eigenvalue weighted by atomic mass is 16.1. The minimum atomic E-state index is 0.0659. The van der Waals surface area contributed by atoms with Crippen LogP contribution in [0.5, 0.6) is 0 Å². The van der Waals surface area contributed by atoms with E-state index in [1.54, 1.807) is 0 Å². The van der Waals surface area contributed by atoms with Crippen LogP contribution in [0.25, 0.3) is 11.1 Å². The number of fused-ring (bicyclic) bond motifs is 1. The van der Waals surface area contributed by atoms with Crippen molar-refractivity contribution in [1.29, 1.82) is 0 Å². The number of carbonyl (C=O) groups is 1. The first-order chi connectivity index (χ1) is 8.63. The van der Waals surface area contributed by atoms with Crippen LogP contribution in [0.1, 0.15) is 11.1 Å². The van der Waals surface area contributed by atoms with E-state index < -0.39 is 0 Å². The van der Waals surface area contributed by atoms with Crippen LogP contribution in [0.3, 0.4) is 0 Å². The summed E-state index contributed by atoms with van der Waals surface area (Å²) in [6.07, 6.45) is 0.469. The summed E-state index contributed by atoms with van der Waals surface area (Å²) in [6, 6.07) is 12.0. The van der Waals surface area contributed by atoms with Crippen molar-refractivity contribution in [3.05, 3.63) is 47.5 Å². The van der Waals surface area contributed by atoms with Crippen LogP contribution in [0.15, 0.2) is 36.4 Å². The number of amides is 1. The van der Waals surface area contributed by atoms with Crippen molar-refractivity contribution in [2.24, 2.45) is 0 Å². The number of nitrogens with one attached hydrogen (secondary N) is 1. The van der Waals surface area contributed by atoms with Gasteiger partial charge in [0, 0.05) is 11.4 Å². The number of hydrogen-bond acceptors (Lipinski definition) is 2. The fourth-order valence-electron chi connectivity index (χ4n) is 2.41. The third kappa shape index (κ3) is 1.74. The average Bonchev–Trinajstić information content (AvgIpc) is 2.68. The van der Waals surface area contributed by atoms with Gasteiger partial charge in [0.25, 0.3) is 0 Å². The standard InChI is InChI=1S/C15H14N2O/c1-9-6-12(16)3-4-13(9)10-2-5-14-11(7-10)8-15(18)17-14/h2-7H,8,16H2,1H3,(H,17,18). The van der Waals surface area contributed by atoms with Gasteiger partial charge in [-0.15, -0.1) is 0 Å². The smallest absolute Gasteiger partial charge is 0.228 e. The molecule has 1 aliphatic rings. The largest absolute Gasteiger partial charge is 0.399 e. The SMILES string of the molecule is Cc1cc(N)ccc1-c1ccc2c(c1)CC(=O)N2. The summed E-state index contributed by atoms with van der Waals surface area (Å²) in [4.78, 5) is 11.3. The predicted molar refractivity (Wildman–Crippen MR) is 73.4 cm³/mol. The maximum atomic E-state index is 11.3.